The monoisotopic (exact) mass is 169 g/mol. The van der Waals surface area contributed by atoms with Gasteiger partial charge in [0.25, 0.3) is 0 Å². The van der Waals surface area contributed by atoms with E-state index >= 15 is 0 Å². The highest BCUT2D eigenvalue weighted by Crippen LogP contribution is 2.29. The van der Waals surface area contributed by atoms with Gasteiger partial charge in [-0.3, -0.25) is 0 Å². The van der Waals surface area contributed by atoms with Gasteiger partial charge in [-0.05, 0) is 30.4 Å². The summed E-state index contributed by atoms with van der Waals surface area (Å²) in [5.74, 6) is 0. The van der Waals surface area contributed by atoms with E-state index in [2.05, 4.69) is 13.0 Å². The first-order valence-corrected chi connectivity index (χ1v) is 4.50. The van der Waals surface area contributed by atoms with E-state index in [4.69, 9.17) is 5.73 Å². The maximum absolute atomic E-state index is 12.0. The molecule has 0 spiro atoms. The van der Waals surface area contributed by atoms with E-state index in [1.807, 2.05) is 0 Å². The molecule has 0 radical (unpaired) electrons. The summed E-state index contributed by atoms with van der Waals surface area (Å²) in [5, 5.41) is 0. The van der Waals surface area contributed by atoms with Gasteiger partial charge in [-0.2, -0.15) is 0 Å². The summed E-state index contributed by atoms with van der Waals surface area (Å²) in [6.45, 7) is 1.70. The number of hydrogen-bond donors (Lipinski definition) is 1. The van der Waals surface area contributed by atoms with Crippen LogP contribution in [-0.4, -0.2) is 12.7 Å². The van der Waals surface area contributed by atoms with Crippen molar-refractivity contribution < 1.29 is 4.39 Å². The first kappa shape index (κ1) is 9.46. The molecule has 1 unspecified atom stereocenters. The van der Waals surface area contributed by atoms with E-state index in [0.717, 1.165) is 30.4 Å². The number of halogens is 1. The van der Waals surface area contributed by atoms with Crippen molar-refractivity contribution in [2.75, 3.05) is 6.67 Å². The molecule has 0 saturated heterocycles. The molecule has 1 nitrogen and oxygen atoms in total. The fourth-order valence-corrected chi connectivity index (χ4v) is 1.66. The minimum Gasteiger partial charge on any atom is -0.324 e. The average Bonchev–Trinajstić information content (AvgIpc) is 2.37. The van der Waals surface area contributed by atoms with E-state index < -0.39 is 0 Å². The van der Waals surface area contributed by atoms with E-state index in [9.17, 15) is 4.39 Å². The molecule has 0 aromatic rings. The van der Waals surface area contributed by atoms with Crippen LogP contribution in [0.5, 0.6) is 0 Å². The zero-order chi connectivity index (χ0) is 8.97. The molecule has 1 aliphatic carbocycles. The molecule has 12 heavy (non-hydrogen) atoms. The molecule has 0 bridgehead atoms. The maximum atomic E-state index is 12.0. The van der Waals surface area contributed by atoms with Gasteiger partial charge in [-0.1, -0.05) is 19.1 Å². The van der Waals surface area contributed by atoms with E-state index in [0.29, 0.717) is 0 Å². The van der Waals surface area contributed by atoms with Crippen LogP contribution in [0.4, 0.5) is 4.39 Å². The Bertz CT molecular complexity index is 206. The van der Waals surface area contributed by atoms with Crippen LogP contribution < -0.4 is 5.73 Å². The Morgan fingerprint density at radius 2 is 2.33 bits per heavy atom. The van der Waals surface area contributed by atoms with Gasteiger partial charge in [0.05, 0.1) is 0 Å². The molecule has 2 N–H and O–H groups in total. The number of alkyl halides is 1. The number of allylic oxidation sites excluding steroid dienone is 2. The van der Waals surface area contributed by atoms with Crippen molar-refractivity contribution in [2.24, 2.45) is 5.73 Å². The third-order valence-electron chi connectivity index (χ3n) is 2.24. The Kier molecular flexibility index (Phi) is 3.48. The predicted molar refractivity (Wildman–Crippen MR) is 49.6 cm³/mol. The van der Waals surface area contributed by atoms with Gasteiger partial charge < -0.3 is 5.73 Å². The first-order valence-electron chi connectivity index (χ1n) is 4.50. The van der Waals surface area contributed by atoms with Gasteiger partial charge in [0, 0.05) is 6.04 Å². The summed E-state index contributed by atoms with van der Waals surface area (Å²) >= 11 is 0. The summed E-state index contributed by atoms with van der Waals surface area (Å²) in [6.07, 6.45) is 6.65. The molecule has 0 amide bonds. The number of nitrogens with two attached hydrogens (primary N) is 1. The number of hydrogen-bond acceptors (Lipinski definition) is 1. The van der Waals surface area contributed by atoms with Crippen LogP contribution in [-0.2, 0) is 0 Å². The molecule has 1 aliphatic rings. The summed E-state index contributed by atoms with van der Waals surface area (Å²) in [7, 11) is 0. The molecule has 1 rings (SSSR count). The molecule has 1 saturated carbocycles. The first-order chi connectivity index (χ1) is 5.79. The highest BCUT2D eigenvalue weighted by atomic mass is 19.1. The Hall–Kier alpha value is -0.630. The number of rotatable bonds is 2. The Morgan fingerprint density at radius 1 is 1.58 bits per heavy atom. The molecule has 68 valence electrons. The summed E-state index contributed by atoms with van der Waals surface area (Å²) in [5.41, 5.74) is 8.13. The van der Waals surface area contributed by atoms with Crippen molar-refractivity contribution in [3.05, 3.63) is 23.3 Å². The highest BCUT2D eigenvalue weighted by Gasteiger charge is 2.20. The summed E-state index contributed by atoms with van der Waals surface area (Å²) in [4.78, 5) is 0. The van der Waals surface area contributed by atoms with Gasteiger partial charge in [0.1, 0.15) is 6.67 Å². The van der Waals surface area contributed by atoms with Crippen molar-refractivity contribution in [1.29, 1.82) is 0 Å². The third-order valence-corrected chi connectivity index (χ3v) is 2.24. The minimum absolute atomic E-state index is 0.141. The second-order valence-electron chi connectivity index (χ2n) is 3.10. The lowest BCUT2D eigenvalue weighted by molar-refractivity contribution is 0.559. The van der Waals surface area contributed by atoms with Gasteiger partial charge in [0.15, 0.2) is 0 Å². The average molecular weight is 169 g/mol. The third kappa shape index (κ3) is 1.95. The Labute approximate surface area is 73.1 Å². The fraction of sp³-hybridized carbons (Fsp3) is 0.600. The highest BCUT2D eigenvalue weighted by molar-refractivity contribution is 5.39. The molecular formula is C10H16FN. The summed E-state index contributed by atoms with van der Waals surface area (Å²) < 4.78 is 12.0. The zero-order valence-corrected chi connectivity index (χ0v) is 7.52. The van der Waals surface area contributed by atoms with Crippen molar-refractivity contribution >= 4 is 0 Å². The maximum Gasteiger partial charge on any atom is 0.108 e. The second-order valence-corrected chi connectivity index (χ2v) is 3.10. The molecular weight excluding hydrogens is 153 g/mol. The minimum atomic E-state index is -0.372. The zero-order valence-electron chi connectivity index (χ0n) is 7.52. The molecule has 0 heterocycles. The van der Waals surface area contributed by atoms with Gasteiger partial charge in [-0.15, -0.1) is 0 Å². The Balaban J connectivity index is 2.77. The van der Waals surface area contributed by atoms with E-state index in [1.165, 1.54) is 0 Å². The van der Waals surface area contributed by atoms with Crippen LogP contribution in [0.15, 0.2) is 23.3 Å². The van der Waals surface area contributed by atoms with Gasteiger partial charge in [-0.25, -0.2) is 4.39 Å². The van der Waals surface area contributed by atoms with Gasteiger partial charge >= 0.3 is 0 Å². The summed E-state index contributed by atoms with van der Waals surface area (Å²) in [6, 6.07) is 0.141. The van der Waals surface area contributed by atoms with Crippen LogP contribution in [0.25, 0.3) is 0 Å². The molecule has 0 aromatic heterocycles. The topological polar surface area (TPSA) is 26.0 Å². The van der Waals surface area contributed by atoms with Crippen LogP contribution in [0.1, 0.15) is 26.2 Å². The van der Waals surface area contributed by atoms with Crippen LogP contribution in [0.2, 0.25) is 0 Å². The molecule has 0 aliphatic heterocycles. The lowest BCUT2D eigenvalue weighted by Crippen LogP contribution is -2.17. The van der Waals surface area contributed by atoms with Crippen molar-refractivity contribution in [3.63, 3.8) is 0 Å². The standard InChI is InChI=1S/C10H16FN/c1-2-3-9-8(6-7-11)4-5-10(9)12/h3,6,10H,2,4-5,7,12H2,1H3/b8-6-,9-3+. The largest absolute Gasteiger partial charge is 0.324 e. The quantitative estimate of drug-likeness (QED) is 0.674. The SMILES string of the molecule is CC/C=C1\C(=C/CF)CCC1N. The van der Waals surface area contributed by atoms with E-state index in [1.54, 1.807) is 6.08 Å². The normalized spacial score (nSPS) is 30.4. The predicted octanol–water partition coefficient (Wildman–Crippen LogP) is 2.34. The van der Waals surface area contributed by atoms with Gasteiger partial charge in [0.2, 0.25) is 0 Å². The van der Waals surface area contributed by atoms with Crippen LogP contribution in [0.3, 0.4) is 0 Å². The van der Waals surface area contributed by atoms with Crippen LogP contribution >= 0.6 is 0 Å². The molecule has 1 fully saturated rings. The van der Waals surface area contributed by atoms with Crippen LogP contribution in [0, 0.1) is 0 Å². The van der Waals surface area contributed by atoms with E-state index in [-0.39, 0.29) is 12.7 Å². The lowest BCUT2D eigenvalue weighted by atomic mass is 10.1. The fourth-order valence-electron chi connectivity index (χ4n) is 1.66. The molecule has 1 atom stereocenters. The molecule has 0 aromatic carbocycles. The molecule has 2 heteroatoms. The van der Waals surface area contributed by atoms with Crippen molar-refractivity contribution in [3.8, 4) is 0 Å². The lowest BCUT2D eigenvalue weighted by Gasteiger charge is -2.05. The smallest absolute Gasteiger partial charge is 0.108 e. The second kappa shape index (κ2) is 4.41. The van der Waals surface area contributed by atoms with Crippen molar-refractivity contribution in [1.82, 2.24) is 0 Å². The Morgan fingerprint density at radius 3 is 2.92 bits per heavy atom. The van der Waals surface area contributed by atoms with Crippen molar-refractivity contribution in [2.45, 2.75) is 32.2 Å².